The molecule has 0 aliphatic heterocycles. The van der Waals surface area contributed by atoms with Gasteiger partial charge in [0.15, 0.2) is 0 Å². The average Bonchev–Trinajstić information content (AvgIpc) is 2.26. The standard InChI is InChI=1S/C11H17ClN2O4S/c1-4-18-11(15)14-19(3,16)7-8-5-9(12)13-10(6-8)17-2/h5-6,19H,4,7H2,1-3H3,(H,14,15,16). The van der Waals surface area contributed by atoms with E-state index in [2.05, 4.69) is 14.1 Å². The van der Waals surface area contributed by atoms with Gasteiger partial charge in [-0.1, -0.05) is 21.7 Å². The molecule has 0 unspecified atom stereocenters. The van der Waals surface area contributed by atoms with E-state index in [1.54, 1.807) is 19.1 Å². The first-order chi connectivity index (χ1) is 8.86. The van der Waals surface area contributed by atoms with Gasteiger partial charge >= 0.3 is 6.09 Å². The van der Waals surface area contributed by atoms with Crippen LogP contribution in [0.25, 0.3) is 0 Å². The number of aromatic nitrogens is 1. The van der Waals surface area contributed by atoms with E-state index in [1.165, 1.54) is 13.4 Å². The quantitative estimate of drug-likeness (QED) is 0.660. The molecule has 0 aliphatic carbocycles. The molecule has 19 heavy (non-hydrogen) atoms. The molecule has 0 spiro atoms. The monoisotopic (exact) mass is 308 g/mol. The molecular formula is C11H17ClN2O4S. The van der Waals surface area contributed by atoms with E-state index in [1.807, 2.05) is 0 Å². The summed E-state index contributed by atoms with van der Waals surface area (Å²) in [6.07, 6.45) is 0.762. The third kappa shape index (κ3) is 5.54. The summed E-state index contributed by atoms with van der Waals surface area (Å²) < 4.78 is 23.5. The molecule has 1 heterocycles. The zero-order valence-electron chi connectivity index (χ0n) is 11.0. The van der Waals surface area contributed by atoms with Crippen LogP contribution in [-0.4, -0.2) is 35.6 Å². The summed E-state index contributed by atoms with van der Waals surface area (Å²) >= 11 is 5.83. The molecule has 0 atom stereocenters. The number of nitrogens with zero attached hydrogens (tertiary/aromatic N) is 2. The van der Waals surface area contributed by atoms with E-state index in [0.717, 1.165) is 0 Å². The second-order valence-electron chi connectivity index (χ2n) is 3.89. The highest BCUT2D eigenvalue weighted by Crippen LogP contribution is 2.20. The minimum Gasteiger partial charge on any atom is -0.481 e. The number of rotatable bonds is 4. The minimum atomic E-state index is -2.79. The molecule has 0 radical (unpaired) electrons. The summed E-state index contributed by atoms with van der Waals surface area (Å²) in [5.74, 6) is 0.545. The van der Waals surface area contributed by atoms with E-state index < -0.39 is 16.2 Å². The number of hydrogen-bond acceptors (Lipinski definition) is 4. The van der Waals surface area contributed by atoms with Gasteiger partial charge in [0, 0.05) is 11.8 Å². The Hall–Kier alpha value is -1.18. The number of halogens is 1. The van der Waals surface area contributed by atoms with Crippen molar-refractivity contribution in [1.29, 1.82) is 0 Å². The van der Waals surface area contributed by atoms with Crippen molar-refractivity contribution in [1.82, 2.24) is 4.98 Å². The van der Waals surface area contributed by atoms with Crippen LogP contribution in [-0.2, 0) is 20.6 Å². The maximum absolute atomic E-state index is 11.3. The van der Waals surface area contributed by atoms with Crippen molar-refractivity contribution in [2.75, 3.05) is 20.0 Å². The van der Waals surface area contributed by atoms with Crippen LogP contribution in [0.3, 0.4) is 0 Å². The lowest BCUT2D eigenvalue weighted by molar-refractivity contribution is 0.164. The lowest BCUT2D eigenvalue weighted by Crippen LogP contribution is -2.14. The summed E-state index contributed by atoms with van der Waals surface area (Å²) in [5, 5.41) is 0.255. The minimum absolute atomic E-state index is 0.199. The summed E-state index contributed by atoms with van der Waals surface area (Å²) in [4.78, 5) is 15.2. The molecule has 0 saturated carbocycles. The van der Waals surface area contributed by atoms with Gasteiger partial charge in [0.25, 0.3) is 0 Å². The zero-order chi connectivity index (χ0) is 14.5. The lowest BCUT2D eigenvalue weighted by Gasteiger charge is -2.17. The molecule has 8 heteroatoms. The molecule has 1 rings (SSSR count). The summed E-state index contributed by atoms with van der Waals surface area (Å²) in [6, 6.07) is 3.24. The third-order valence-corrected chi connectivity index (χ3v) is 3.84. The molecule has 0 saturated heterocycles. The van der Waals surface area contributed by atoms with Crippen LogP contribution in [0, 0.1) is 0 Å². The number of ether oxygens (including phenoxy) is 2. The van der Waals surface area contributed by atoms with Gasteiger partial charge in [0.2, 0.25) is 5.88 Å². The van der Waals surface area contributed by atoms with Gasteiger partial charge in [-0.25, -0.2) is 9.78 Å². The van der Waals surface area contributed by atoms with Crippen LogP contribution in [0.5, 0.6) is 5.88 Å². The number of methoxy groups -OCH3 is 1. The highest BCUT2D eigenvalue weighted by atomic mass is 35.5. The van der Waals surface area contributed by atoms with Crippen LogP contribution >= 0.6 is 11.6 Å². The maximum Gasteiger partial charge on any atom is 0.439 e. The number of hydrogen-bond donors (Lipinski definition) is 2. The van der Waals surface area contributed by atoms with Gasteiger partial charge < -0.3 is 14.0 Å². The van der Waals surface area contributed by atoms with E-state index in [9.17, 15) is 9.35 Å². The normalized spacial score (nSPS) is 11.8. The van der Waals surface area contributed by atoms with Crippen molar-refractivity contribution in [3.8, 4) is 5.88 Å². The van der Waals surface area contributed by atoms with Crippen LogP contribution in [0.4, 0.5) is 4.79 Å². The van der Waals surface area contributed by atoms with E-state index >= 15 is 0 Å². The van der Waals surface area contributed by atoms with Gasteiger partial charge in [0.05, 0.1) is 13.7 Å². The third-order valence-electron chi connectivity index (χ3n) is 2.09. The predicted octanol–water partition coefficient (Wildman–Crippen LogP) is 2.57. The number of amides is 1. The topological polar surface area (TPSA) is 81.0 Å². The maximum atomic E-state index is 11.3. The molecule has 1 amide bonds. The molecule has 1 aromatic rings. The Morgan fingerprint density at radius 3 is 2.84 bits per heavy atom. The molecule has 1 aromatic heterocycles. The predicted molar refractivity (Wildman–Crippen MR) is 76.3 cm³/mol. The summed E-state index contributed by atoms with van der Waals surface area (Å²) in [5.41, 5.74) is 0.697. The molecule has 0 aromatic carbocycles. The first-order valence-electron chi connectivity index (χ1n) is 5.55. The molecule has 108 valence electrons. The van der Waals surface area contributed by atoms with Crippen LogP contribution < -0.4 is 4.74 Å². The molecule has 0 fully saturated rings. The number of pyridine rings is 1. The Balaban J connectivity index is 2.94. The van der Waals surface area contributed by atoms with E-state index in [0.29, 0.717) is 11.4 Å². The second-order valence-corrected chi connectivity index (χ2v) is 6.97. The van der Waals surface area contributed by atoms with E-state index in [-0.39, 0.29) is 17.5 Å². The zero-order valence-corrected chi connectivity index (χ0v) is 12.6. The van der Waals surface area contributed by atoms with Gasteiger partial charge in [-0.15, -0.1) is 0 Å². The fourth-order valence-electron chi connectivity index (χ4n) is 1.43. The molecular weight excluding hydrogens is 292 g/mol. The largest absolute Gasteiger partial charge is 0.481 e. The van der Waals surface area contributed by atoms with Gasteiger partial charge in [-0.3, -0.25) is 0 Å². The fourth-order valence-corrected chi connectivity index (χ4v) is 3.01. The summed E-state index contributed by atoms with van der Waals surface area (Å²) in [6.45, 7) is 1.89. The van der Waals surface area contributed by atoms with Gasteiger partial charge in [-0.05, 0) is 24.8 Å². The molecule has 6 nitrogen and oxygen atoms in total. The van der Waals surface area contributed by atoms with Crippen LogP contribution in [0.1, 0.15) is 12.5 Å². The van der Waals surface area contributed by atoms with Gasteiger partial charge in [0.1, 0.15) is 5.15 Å². The SMILES string of the molecule is CCOC(=O)N=[SH](C)(O)Cc1cc(Cl)nc(OC)c1. The highest BCUT2D eigenvalue weighted by Gasteiger charge is 2.10. The highest BCUT2D eigenvalue weighted by molar-refractivity contribution is 7.98. The van der Waals surface area contributed by atoms with E-state index in [4.69, 9.17) is 16.3 Å². The van der Waals surface area contributed by atoms with Crippen molar-refractivity contribution in [2.45, 2.75) is 12.7 Å². The Kier molecular flexibility index (Phi) is 5.71. The lowest BCUT2D eigenvalue weighted by atomic mass is 10.3. The fraction of sp³-hybridized carbons (Fsp3) is 0.455. The Morgan fingerprint density at radius 1 is 1.58 bits per heavy atom. The number of thiol groups is 1. The second kappa shape index (κ2) is 6.83. The van der Waals surface area contributed by atoms with Crippen molar-refractivity contribution < 1.29 is 18.8 Å². The molecule has 0 bridgehead atoms. The van der Waals surface area contributed by atoms with Crippen LogP contribution in [0.2, 0.25) is 5.15 Å². The number of carbonyl (C=O) groups is 1. The molecule has 1 N–H and O–H groups in total. The van der Waals surface area contributed by atoms with Crippen molar-refractivity contribution >= 4 is 27.8 Å². The smallest absolute Gasteiger partial charge is 0.439 e. The van der Waals surface area contributed by atoms with Crippen molar-refractivity contribution in [3.63, 3.8) is 0 Å². The first kappa shape index (κ1) is 15.9. The Morgan fingerprint density at radius 2 is 2.26 bits per heavy atom. The first-order valence-corrected chi connectivity index (χ1v) is 8.25. The van der Waals surface area contributed by atoms with Gasteiger partial charge in [-0.2, -0.15) is 4.36 Å². The molecule has 0 aliphatic rings. The van der Waals surface area contributed by atoms with Crippen molar-refractivity contribution in [2.24, 2.45) is 4.36 Å². The Bertz CT molecular complexity index is 515. The Labute approximate surface area is 118 Å². The number of carbonyl (C=O) groups excluding carboxylic acids is 1. The van der Waals surface area contributed by atoms with Crippen LogP contribution in [0.15, 0.2) is 16.5 Å². The average molecular weight is 309 g/mol. The summed E-state index contributed by atoms with van der Waals surface area (Å²) in [7, 11) is -1.32. The van der Waals surface area contributed by atoms with Crippen molar-refractivity contribution in [3.05, 3.63) is 22.8 Å².